The molecule has 0 fully saturated rings. The lowest BCUT2D eigenvalue weighted by Gasteiger charge is -2.19. The van der Waals surface area contributed by atoms with E-state index >= 15 is 0 Å². The summed E-state index contributed by atoms with van der Waals surface area (Å²) in [4.78, 5) is 16.8. The standard InChI is InChI=1S/C19H34N2O5P/c1-7-9-10-11-12-14(3)17-20-16(26-21-17)13-15(27(23)24-8-2)18(22)25-19(4,5)6/h14-15H,7-13H2,1-6H3/q+1/t14-,15?/m0/s1. The van der Waals surface area contributed by atoms with Crippen molar-refractivity contribution in [1.82, 2.24) is 10.1 Å². The highest BCUT2D eigenvalue weighted by Gasteiger charge is 2.44. The molecule has 0 aromatic carbocycles. The van der Waals surface area contributed by atoms with E-state index in [1.54, 1.807) is 27.7 Å². The molecule has 7 nitrogen and oxygen atoms in total. The predicted molar refractivity (Wildman–Crippen MR) is 104 cm³/mol. The van der Waals surface area contributed by atoms with Crippen LogP contribution in [0.4, 0.5) is 0 Å². The minimum atomic E-state index is -2.23. The van der Waals surface area contributed by atoms with Gasteiger partial charge in [0.15, 0.2) is 5.82 Å². The number of rotatable bonds is 12. The molecule has 0 saturated heterocycles. The van der Waals surface area contributed by atoms with Crippen LogP contribution in [-0.4, -0.2) is 34.0 Å². The molecule has 27 heavy (non-hydrogen) atoms. The Morgan fingerprint density at radius 1 is 1.22 bits per heavy atom. The molecule has 3 atom stereocenters. The molecule has 0 aliphatic rings. The summed E-state index contributed by atoms with van der Waals surface area (Å²) < 4.78 is 28.2. The minimum absolute atomic E-state index is 0.0413. The van der Waals surface area contributed by atoms with Gasteiger partial charge in [0, 0.05) is 5.92 Å². The Labute approximate surface area is 163 Å². The van der Waals surface area contributed by atoms with Gasteiger partial charge in [0.05, 0.1) is 13.0 Å². The zero-order chi connectivity index (χ0) is 20.4. The first-order chi connectivity index (χ1) is 12.7. The lowest BCUT2D eigenvalue weighted by Crippen LogP contribution is -2.31. The fourth-order valence-corrected chi connectivity index (χ4v) is 3.52. The molecule has 0 spiro atoms. The molecule has 154 valence electrons. The first-order valence-corrected chi connectivity index (χ1v) is 11.1. The van der Waals surface area contributed by atoms with Crippen molar-refractivity contribution in [2.75, 3.05) is 6.61 Å². The quantitative estimate of drug-likeness (QED) is 0.271. The van der Waals surface area contributed by atoms with Gasteiger partial charge in [-0.3, -0.25) is 0 Å². The van der Waals surface area contributed by atoms with Gasteiger partial charge in [-0.15, -0.1) is 4.52 Å². The number of ether oxygens (including phenoxy) is 1. The molecule has 0 amide bonds. The van der Waals surface area contributed by atoms with Gasteiger partial charge in [-0.05, 0) is 38.7 Å². The molecule has 1 heterocycles. The van der Waals surface area contributed by atoms with Crippen molar-refractivity contribution in [1.29, 1.82) is 0 Å². The van der Waals surface area contributed by atoms with Gasteiger partial charge in [-0.1, -0.05) is 44.7 Å². The Hall–Kier alpha value is -1.33. The van der Waals surface area contributed by atoms with Crippen molar-refractivity contribution in [3.63, 3.8) is 0 Å². The maximum atomic E-state index is 12.4. The third kappa shape index (κ3) is 8.93. The monoisotopic (exact) mass is 401 g/mol. The lowest BCUT2D eigenvalue weighted by atomic mass is 10.0. The minimum Gasteiger partial charge on any atom is -0.457 e. The van der Waals surface area contributed by atoms with E-state index in [0.717, 1.165) is 12.8 Å². The van der Waals surface area contributed by atoms with E-state index in [1.807, 2.05) is 0 Å². The number of carbonyl (C=O) groups is 1. The second-order valence-corrected chi connectivity index (χ2v) is 9.21. The van der Waals surface area contributed by atoms with Crippen LogP contribution in [0.2, 0.25) is 0 Å². The van der Waals surface area contributed by atoms with E-state index in [1.165, 1.54) is 19.3 Å². The Kier molecular flexibility index (Phi) is 10.1. The first-order valence-electron chi connectivity index (χ1n) is 9.82. The zero-order valence-electron chi connectivity index (χ0n) is 17.5. The predicted octanol–water partition coefficient (Wildman–Crippen LogP) is 5.18. The first kappa shape index (κ1) is 23.7. The number of esters is 1. The number of hydrogen-bond donors (Lipinski definition) is 0. The average Bonchev–Trinajstić information content (AvgIpc) is 3.03. The van der Waals surface area contributed by atoms with Crippen molar-refractivity contribution in [3.05, 3.63) is 11.7 Å². The van der Waals surface area contributed by atoms with Gasteiger partial charge < -0.3 is 9.26 Å². The summed E-state index contributed by atoms with van der Waals surface area (Å²) in [6, 6.07) is 0. The number of carbonyl (C=O) groups excluding carboxylic acids is 1. The molecule has 0 aliphatic carbocycles. The summed E-state index contributed by atoms with van der Waals surface area (Å²) in [5, 5.41) is 4.03. The molecule has 0 N–H and O–H groups in total. The average molecular weight is 401 g/mol. The van der Waals surface area contributed by atoms with Crippen LogP contribution in [0.15, 0.2) is 4.52 Å². The van der Waals surface area contributed by atoms with Gasteiger partial charge in [0.25, 0.3) is 5.66 Å². The summed E-state index contributed by atoms with van der Waals surface area (Å²) in [6.07, 6.45) is 5.77. The van der Waals surface area contributed by atoms with Crippen molar-refractivity contribution in [3.8, 4) is 0 Å². The molecule has 8 heteroatoms. The Balaban J connectivity index is 2.76. The van der Waals surface area contributed by atoms with Crippen molar-refractivity contribution in [2.24, 2.45) is 0 Å². The molecule has 2 unspecified atom stereocenters. The number of nitrogens with zero attached hydrogens (tertiary/aromatic N) is 2. The van der Waals surface area contributed by atoms with Gasteiger partial charge in [0.2, 0.25) is 5.89 Å². The van der Waals surface area contributed by atoms with Crippen LogP contribution in [-0.2, 0) is 25.0 Å². The highest BCUT2D eigenvalue weighted by molar-refractivity contribution is 7.41. The normalized spacial score (nSPS) is 14.7. The Morgan fingerprint density at radius 2 is 1.93 bits per heavy atom. The fraction of sp³-hybridized carbons (Fsp3) is 0.842. The maximum Gasteiger partial charge on any atom is 0.523 e. The van der Waals surface area contributed by atoms with Crippen LogP contribution in [0.3, 0.4) is 0 Å². The molecule has 0 radical (unpaired) electrons. The van der Waals surface area contributed by atoms with Crippen LogP contribution in [0, 0.1) is 0 Å². The maximum absolute atomic E-state index is 12.4. The molecule has 0 bridgehead atoms. The smallest absolute Gasteiger partial charge is 0.457 e. The summed E-state index contributed by atoms with van der Waals surface area (Å²) in [5.41, 5.74) is -1.64. The SMILES string of the molecule is CCCCCC[C@H](C)c1noc(CC(C(=O)OC(C)(C)C)[P+](=O)OCC)n1. The topological polar surface area (TPSA) is 91.5 Å². The highest BCUT2D eigenvalue weighted by atomic mass is 31.1. The second-order valence-electron chi connectivity index (χ2n) is 7.75. The van der Waals surface area contributed by atoms with E-state index in [2.05, 4.69) is 24.0 Å². The summed E-state index contributed by atoms with van der Waals surface area (Å²) in [5.74, 6) is 0.504. The summed E-state index contributed by atoms with van der Waals surface area (Å²) >= 11 is 0. The van der Waals surface area contributed by atoms with E-state index in [4.69, 9.17) is 13.8 Å². The van der Waals surface area contributed by atoms with Gasteiger partial charge in [0.1, 0.15) is 5.60 Å². The van der Waals surface area contributed by atoms with E-state index in [0.29, 0.717) is 5.82 Å². The third-order valence-corrected chi connectivity index (χ3v) is 5.39. The van der Waals surface area contributed by atoms with Crippen LogP contribution < -0.4 is 0 Å². The van der Waals surface area contributed by atoms with E-state index < -0.39 is 25.3 Å². The molecule has 1 aromatic rings. The second kappa shape index (κ2) is 11.5. The number of unbranched alkanes of at least 4 members (excludes halogenated alkanes) is 3. The summed E-state index contributed by atoms with van der Waals surface area (Å²) in [7, 11) is -2.23. The number of aromatic nitrogens is 2. The van der Waals surface area contributed by atoms with Crippen molar-refractivity contribution < 1.29 is 23.1 Å². The van der Waals surface area contributed by atoms with Gasteiger partial charge in [-0.25, -0.2) is 4.79 Å². The summed E-state index contributed by atoms with van der Waals surface area (Å²) in [6.45, 7) is 11.5. The molecule has 0 saturated carbocycles. The van der Waals surface area contributed by atoms with E-state index in [-0.39, 0.29) is 24.8 Å². The molecule has 0 aliphatic heterocycles. The van der Waals surface area contributed by atoms with Gasteiger partial charge in [-0.2, -0.15) is 4.98 Å². The van der Waals surface area contributed by atoms with Crippen molar-refractivity contribution in [2.45, 2.75) is 97.2 Å². The molecule has 1 aromatic heterocycles. The van der Waals surface area contributed by atoms with Crippen LogP contribution in [0.25, 0.3) is 0 Å². The van der Waals surface area contributed by atoms with Crippen LogP contribution in [0.1, 0.15) is 91.3 Å². The van der Waals surface area contributed by atoms with Crippen molar-refractivity contribution >= 4 is 14.0 Å². The lowest BCUT2D eigenvalue weighted by molar-refractivity contribution is -0.154. The highest BCUT2D eigenvalue weighted by Crippen LogP contribution is 2.34. The van der Waals surface area contributed by atoms with Crippen LogP contribution in [0.5, 0.6) is 0 Å². The Morgan fingerprint density at radius 3 is 2.52 bits per heavy atom. The molecular weight excluding hydrogens is 367 g/mol. The number of hydrogen-bond acceptors (Lipinski definition) is 7. The third-order valence-electron chi connectivity index (χ3n) is 3.97. The zero-order valence-corrected chi connectivity index (χ0v) is 18.4. The van der Waals surface area contributed by atoms with Crippen LogP contribution >= 0.6 is 8.03 Å². The fourth-order valence-electron chi connectivity index (χ4n) is 2.55. The molecular formula is C19H34N2O5P+. The Bertz CT molecular complexity index is 597. The van der Waals surface area contributed by atoms with E-state index in [9.17, 15) is 9.36 Å². The van der Waals surface area contributed by atoms with Gasteiger partial charge >= 0.3 is 14.0 Å². The molecule has 1 rings (SSSR count). The largest absolute Gasteiger partial charge is 0.523 e.